The molecule has 0 saturated carbocycles. The first kappa shape index (κ1) is 10.3. The van der Waals surface area contributed by atoms with Gasteiger partial charge in [0, 0.05) is 31.1 Å². The van der Waals surface area contributed by atoms with Gasteiger partial charge in [-0.15, -0.1) is 11.6 Å². The van der Waals surface area contributed by atoms with Gasteiger partial charge in [0.1, 0.15) is 0 Å². The van der Waals surface area contributed by atoms with E-state index < -0.39 is 0 Å². The third-order valence-electron chi connectivity index (χ3n) is 2.47. The molecule has 0 spiro atoms. The molecule has 0 aliphatic carbocycles. The van der Waals surface area contributed by atoms with Gasteiger partial charge < -0.3 is 5.32 Å². The van der Waals surface area contributed by atoms with Crippen LogP contribution in [-0.2, 0) is 0 Å². The Morgan fingerprint density at radius 1 is 1.50 bits per heavy atom. The van der Waals surface area contributed by atoms with Crippen LogP contribution in [0.5, 0.6) is 0 Å². The second kappa shape index (κ2) is 5.05. The first-order valence-electron chi connectivity index (χ1n) is 4.77. The van der Waals surface area contributed by atoms with Gasteiger partial charge in [0.25, 0.3) is 0 Å². The molecular weight excluding hydrogens is 172 g/mol. The summed E-state index contributed by atoms with van der Waals surface area (Å²) in [5.74, 6) is 0.783. The van der Waals surface area contributed by atoms with Crippen LogP contribution in [0.25, 0.3) is 0 Å². The standard InChI is InChI=1S/C9H19ClN2/c1-8-7-12(5-3-4-10)9(2)6-11-8/h8-9,11H,3-7H2,1-2H3/t8-,9+/m0/s1. The van der Waals surface area contributed by atoms with Gasteiger partial charge in [0.05, 0.1) is 0 Å². The van der Waals surface area contributed by atoms with E-state index in [0.29, 0.717) is 12.1 Å². The zero-order valence-corrected chi connectivity index (χ0v) is 8.77. The third kappa shape index (κ3) is 2.92. The van der Waals surface area contributed by atoms with E-state index in [-0.39, 0.29) is 0 Å². The minimum Gasteiger partial charge on any atom is -0.311 e. The number of nitrogens with zero attached hydrogens (tertiary/aromatic N) is 1. The highest BCUT2D eigenvalue weighted by atomic mass is 35.5. The number of alkyl halides is 1. The van der Waals surface area contributed by atoms with Crippen molar-refractivity contribution in [2.24, 2.45) is 0 Å². The molecule has 0 radical (unpaired) electrons. The average Bonchev–Trinajstić information content (AvgIpc) is 2.07. The smallest absolute Gasteiger partial charge is 0.0235 e. The zero-order chi connectivity index (χ0) is 8.97. The minimum atomic E-state index is 0.636. The number of hydrogen-bond acceptors (Lipinski definition) is 2. The van der Waals surface area contributed by atoms with Crippen LogP contribution in [0.2, 0.25) is 0 Å². The molecule has 1 saturated heterocycles. The molecule has 72 valence electrons. The van der Waals surface area contributed by atoms with Crippen LogP contribution in [0.15, 0.2) is 0 Å². The highest BCUT2D eigenvalue weighted by Crippen LogP contribution is 2.06. The van der Waals surface area contributed by atoms with Crippen molar-refractivity contribution in [3.8, 4) is 0 Å². The number of halogens is 1. The highest BCUT2D eigenvalue weighted by molar-refractivity contribution is 6.17. The summed E-state index contributed by atoms with van der Waals surface area (Å²) >= 11 is 5.66. The molecular formula is C9H19ClN2. The SMILES string of the molecule is C[C@@H]1CN[C@@H](C)CN1CCCCl. The zero-order valence-electron chi connectivity index (χ0n) is 8.02. The van der Waals surface area contributed by atoms with Gasteiger partial charge in [-0.1, -0.05) is 0 Å². The Balaban J connectivity index is 2.28. The molecule has 2 atom stereocenters. The molecule has 0 aromatic carbocycles. The van der Waals surface area contributed by atoms with Crippen molar-refractivity contribution >= 4 is 11.6 Å². The first-order valence-corrected chi connectivity index (χ1v) is 5.31. The van der Waals surface area contributed by atoms with Crippen LogP contribution in [0.3, 0.4) is 0 Å². The van der Waals surface area contributed by atoms with Crippen molar-refractivity contribution in [2.45, 2.75) is 32.4 Å². The van der Waals surface area contributed by atoms with Gasteiger partial charge in [0.2, 0.25) is 0 Å². The molecule has 2 nitrogen and oxygen atoms in total. The third-order valence-corrected chi connectivity index (χ3v) is 2.74. The Kier molecular flexibility index (Phi) is 4.33. The van der Waals surface area contributed by atoms with Crippen LogP contribution >= 0.6 is 11.6 Å². The molecule has 1 aliphatic rings. The second-order valence-electron chi connectivity index (χ2n) is 3.70. The number of rotatable bonds is 3. The summed E-state index contributed by atoms with van der Waals surface area (Å²) < 4.78 is 0. The molecule has 1 heterocycles. The summed E-state index contributed by atoms with van der Waals surface area (Å²) in [6.07, 6.45) is 1.11. The van der Waals surface area contributed by atoms with Gasteiger partial charge in [-0.05, 0) is 26.8 Å². The fourth-order valence-corrected chi connectivity index (χ4v) is 1.79. The Labute approximate surface area is 80.3 Å². The lowest BCUT2D eigenvalue weighted by atomic mass is 10.1. The van der Waals surface area contributed by atoms with Crippen molar-refractivity contribution in [1.29, 1.82) is 0 Å². The monoisotopic (exact) mass is 190 g/mol. The Morgan fingerprint density at radius 2 is 2.25 bits per heavy atom. The molecule has 12 heavy (non-hydrogen) atoms. The molecule has 1 rings (SSSR count). The Bertz CT molecular complexity index is 130. The maximum Gasteiger partial charge on any atom is 0.0235 e. The number of hydrogen-bond donors (Lipinski definition) is 1. The van der Waals surface area contributed by atoms with Crippen LogP contribution in [0, 0.1) is 0 Å². The predicted octanol–water partition coefficient (Wildman–Crippen LogP) is 1.30. The molecule has 1 N–H and O–H groups in total. The first-order chi connectivity index (χ1) is 5.74. The van der Waals surface area contributed by atoms with Gasteiger partial charge in [-0.2, -0.15) is 0 Å². The van der Waals surface area contributed by atoms with E-state index in [1.807, 2.05) is 0 Å². The Hall–Kier alpha value is 0.210. The average molecular weight is 191 g/mol. The molecule has 1 aliphatic heterocycles. The van der Waals surface area contributed by atoms with E-state index in [9.17, 15) is 0 Å². The summed E-state index contributed by atoms with van der Waals surface area (Å²) in [4.78, 5) is 2.52. The summed E-state index contributed by atoms with van der Waals surface area (Å²) in [7, 11) is 0. The summed E-state index contributed by atoms with van der Waals surface area (Å²) in [5, 5.41) is 3.46. The molecule has 3 heteroatoms. The molecule has 0 aromatic heterocycles. The van der Waals surface area contributed by atoms with Crippen molar-refractivity contribution in [1.82, 2.24) is 10.2 Å². The maximum absolute atomic E-state index is 5.66. The number of nitrogens with one attached hydrogen (secondary N) is 1. The second-order valence-corrected chi connectivity index (χ2v) is 4.07. The molecule has 0 bridgehead atoms. The van der Waals surface area contributed by atoms with E-state index in [1.54, 1.807) is 0 Å². The lowest BCUT2D eigenvalue weighted by Crippen LogP contribution is -2.54. The predicted molar refractivity (Wildman–Crippen MR) is 53.8 cm³/mol. The van der Waals surface area contributed by atoms with E-state index in [2.05, 4.69) is 24.1 Å². The van der Waals surface area contributed by atoms with Crippen LogP contribution in [-0.4, -0.2) is 42.5 Å². The van der Waals surface area contributed by atoms with Gasteiger partial charge in [-0.3, -0.25) is 4.90 Å². The van der Waals surface area contributed by atoms with Gasteiger partial charge in [-0.25, -0.2) is 0 Å². The van der Waals surface area contributed by atoms with E-state index in [4.69, 9.17) is 11.6 Å². The van der Waals surface area contributed by atoms with Crippen molar-refractivity contribution < 1.29 is 0 Å². The minimum absolute atomic E-state index is 0.636. The van der Waals surface area contributed by atoms with Crippen molar-refractivity contribution in [3.05, 3.63) is 0 Å². The number of piperazine rings is 1. The maximum atomic E-state index is 5.66. The van der Waals surface area contributed by atoms with Crippen molar-refractivity contribution in [2.75, 3.05) is 25.5 Å². The Morgan fingerprint density at radius 3 is 2.92 bits per heavy atom. The summed E-state index contributed by atoms with van der Waals surface area (Å²) in [6.45, 7) is 7.94. The lowest BCUT2D eigenvalue weighted by Gasteiger charge is -2.37. The highest BCUT2D eigenvalue weighted by Gasteiger charge is 2.20. The lowest BCUT2D eigenvalue weighted by molar-refractivity contribution is 0.147. The van der Waals surface area contributed by atoms with Crippen LogP contribution < -0.4 is 5.32 Å². The molecule has 1 fully saturated rings. The van der Waals surface area contributed by atoms with E-state index >= 15 is 0 Å². The quantitative estimate of drug-likeness (QED) is 0.675. The fourth-order valence-electron chi connectivity index (χ4n) is 1.67. The topological polar surface area (TPSA) is 15.3 Å². The van der Waals surface area contributed by atoms with Crippen LogP contribution in [0.1, 0.15) is 20.3 Å². The summed E-state index contributed by atoms with van der Waals surface area (Å²) in [5.41, 5.74) is 0. The van der Waals surface area contributed by atoms with Crippen LogP contribution in [0.4, 0.5) is 0 Å². The molecule has 0 aromatic rings. The largest absolute Gasteiger partial charge is 0.311 e. The fraction of sp³-hybridized carbons (Fsp3) is 1.00. The molecule has 0 unspecified atom stereocenters. The van der Waals surface area contributed by atoms with Gasteiger partial charge in [0.15, 0.2) is 0 Å². The van der Waals surface area contributed by atoms with E-state index in [1.165, 1.54) is 0 Å². The normalized spacial score (nSPS) is 32.2. The van der Waals surface area contributed by atoms with Crippen molar-refractivity contribution in [3.63, 3.8) is 0 Å². The van der Waals surface area contributed by atoms with E-state index in [0.717, 1.165) is 31.9 Å². The summed E-state index contributed by atoms with van der Waals surface area (Å²) in [6, 6.07) is 1.31. The molecule has 0 amide bonds. The van der Waals surface area contributed by atoms with Gasteiger partial charge >= 0.3 is 0 Å².